The number of ether oxygens (including phenoxy) is 2. The van der Waals surface area contributed by atoms with Crippen LogP contribution in [0.3, 0.4) is 0 Å². The van der Waals surface area contributed by atoms with Crippen molar-refractivity contribution < 1.29 is 18.3 Å². The van der Waals surface area contributed by atoms with Gasteiger partial charge in [0.2, 0.25) is 0 Å². The second-order valence-corrected chi connectivity index (χ2v) is 4.68. The molecular weight excluding hydrogens is 246 g/mol. The normalized spacial score (nSPS) is 16.2. The molecule has 1 aliphatic rings. The maximum absolute atomic E-state index is 12.8. The molecule has 0 spiro atoms. The number of hydrogen-bond acceptors (Lipinski definition) is 3. The van der Waals surface area contributed by atoms with Gasteiger partial charge < -0.3 is 9.47 Å². The second kappa shape index (κ2) is 3.43. The molecule has 0 bridgehead atoms. The van der Waals surface area contributed by atoms with E-state index in [0.29, 0.717) is 0 Å². The summed E-state index contributed by atoms with van der Waals surface area (Å²) in [5.74, 6) is 0.160. The van der Waals surface area contributed by atoms with Crippen molar-refractivity contribution >= 4 is 11.3 Å². The van der Waals surface area contributed by atoms with E-state index in [2.05, 4.69) is 9.47 Å². The van der Waals surface area contributed by atoms with E-state index in [-0.39, 0.29) is 11.5 Å². The summed E-state index contributed by atoms with van der Waals surface area (Å²) in [5, 5.41) is 1.96. The van der Waals surface area contributed by atoms with E-state index in [9.17, 15) is 8.78 Å². The minimum atomic E-state index is -3.55. The number of fused-ring (bicyclic) bond motifs is 1. The molecule has 0 saturated heterocycles. The summed E-state index contributed by atoms with van der Waals surface area (Å²) < 4.78 is 34.5. The van der Waals surface area contributed by atoms with E-state index >= 15 is 0 Å². The summed E-state index contributed by atoms with van der Waals surface area (Å²) in [4.78, 5) is 1.05. The second-order valence-electron chi connectivity index (χ2n) is 3.76. The third-order valence-electron chi connectivity index (χ3n) is 2.53. The number of rotatable bonds is 1. The van der Waals surface area contributed by atoms with Crippen LogP contribution >= 0.6 is 11.3 Å². The van der Waals surface area contributed by atoms with Crippen molar-refractivity contribution in [3.05, 3.63) is 35.2 Å². The Balaban J connectivity index is 2.05. The van der Waals surface area contributed by atoms with Crippen molar-refractivity contribution in [1.82, 2.24) is 0 Å². The van der Waals surface area contributed by atoms with Crippen molar-refractivity contribution in [3.8, 4) is 21.9 Å². The van der Waals surface area contributed by atoms with Crippen LogP contribution in [-0.4, -0.2) is 6.29 Å². The molecule has 5 heteroatoms. The van der Waals surface area contributed by atoms with E-state index in [1.54, 1.807) is 23.5 Å². The van der Waals surface area contributed by atoms with Crippen LogP contribution in [0.15, 0.2) is 29.6 Å². The van der Waals surface area contributed by atoms with Gasteiger partial charge in [0.05, 0.1) is 0 Å². The number of benzene rings is 1. The van der Waals surface area contributed by atoms with Gasteiger partial charge in [0.15, 0.2) is 11.5 Å². The summed E-state index contributed by atoms with van der Waals surface area (Å²) in [5.41, 5.74) is 1.97. The van der Waals surface area contributed by atoms with Gasteiger partial charge in [-0.2, -0.15) is 0 Å². The molecule has 88 valence electrons. The van der Waals surface area contributed by atoms with Crippen LogP contribution in [0, 0.1) is 6.92 Å². The van der Waals surface area contributed by atoms with E-state index in [1.807, 2.05) is 18.4 Å². The SMILES string of the molecule is Cc1ccsc1-c1ccc2c(c1)OC(F)(F)O2. The van der Waals surface area contributed by atoms with Crippen molar-refractivity contribution in [2.75, 3.05) is 0 Å². The zero-order valence-electron chi connectivity index (χ0n) is 8.87. The number of hydrogen-bond donors (Lipinski definition) is 0. The Morgan fingerprint density at radius 2 is 1.88 bits per heavy atom. The topological polar surface area (TPSA) is 18.5 Å². The first-order valence-electron chi connectivity index (χ1n) is 4.99. The van der Waals surface area contributed by atoms with E-state index in [0.717, 1.165) is 16.0 Å². The maximum Gasteiger partial charge on any atom is 0.586 e. The molecule has 3 rings (SSSR count). The summed E-state index contributed by atoms with van der Waals surface area (Å²) >= 11 is 1.56. The Morgan fingerprint density at radius 3 is 2.59 bits per heavy atom. The van der Waals surface area contributed by atoms with Gasteiger partial charge in [0, 0.05) is 4.88 Å². The molecule has 17 heavy (non-hydrogen) atoms. The fourth-order valence-electron chi connectivity index (χ4n) is 1.76. The Labute approximate surface area is 100 Å². The lowest BCUT2D eigenvalue weighted by atomic mass is 10.1. The van der Waals surface area contributed by atoms with Gasteiger partial charge in [-0.15, -0.1) is 20.1 Å². The third-order valence-corrected chi connectivity index (χ3v) is 3.59. The lowest BCUT2D eigenvalue weighted by Gasteiger charge is -2.04. The molecule has 2 nitrogen and oxygen atoms in total. The average Bonchev–Trinajstić information content (AvgIpc) is 2.78. The molecule has 0 aliphatic carbocycles. The predicted molar refractivity (Wildman–Crippen MR) is 60.7 cm³/mol. The third kappa shape index (κ3) is 1.76. The minimum Gasteiger partial charge on any atom is -0.395 e. The van der Waals surface area contributed by atoms with Crippen LogP contribution in [-0.2, 0) is 0 Å². The van der Waals surface area contributed by atoms with Crippen molar-refractivity contribution in [2.24, 2.45) is 0 Å². The van der Waals surface area contributed by atoms with Crippen LogP contribution in [0.4, 0.5) is 8.78 Å². The van der Waals surface area contributed by atoms with Gasteiger partial charge in [-0.05, 0) is 47.7 Å². The smallest absolute Gasteiger partial charge is 0.395 e. The van der Waals surface area contributed by atoms with Gasteiger partial charge >= 0.3 is 6.29 Å². The van der Waals surface area contributed by atoms with Crippen LogP contribution in [0.5, 0.6) is 11.5 Å². The first-order valence-corrected chi connectivity index (χ1v) is 5.87. The molecule has 0 radical (unpaired) electrons. The molecule has 2 aromatic rings. The molecule has 0 unspecified atom stereocenters. The molecule has 0 N–H and O–H groups in total. The van der Waals surface area contributed by atoms with E-state index < -0.39 is 6.29 Å². The number of thiophene rings is 1. The fraction of sp³-hybridized carbons (Fsp3) is 0.167. The minimum absolute atomic E-state index is 0.0768. The number of alkyl halides is 2. The highest BCUT2D eigenvalue weighted by Crippen LogP contribution is 2.43. The number of halogens is 2. The number of aryl methyl sites for hydroxylation is 1. The molecule has 2 heterocycles. The highest BCUT2D eigenvalue weighted by atomic mass is 32.1. The standard InChI is InChI=1S/C12H8F2O2S/c1-7-4-5-17-11(7)8-2-3-9-10(6-8)16-12(13,14)15-9/h2-6H,1H3. The monoisotopic (exact) mass is 254 g/mol. The highest BCUT2D eigenvalue weighted by molar-refractivity contribution is 7.13. The molecule has 0 saturated carbocycles. The Kier molecular flexibility index (Phi) is 2.13. The quantitative estimate of drug-likeness (QED) is 0.764. The van der Waals surface area contributed by atoms with Gasteiger partial charge in [-0.25, -0.2) is 0 Å². The summed E-state index contributed by atoms with van der Waals surface area (Å²) in [6.07, 6.45) is -3.55. The zero-order chi connectivity index (χ0) is 12.0. The molecule has 0 fully saturated rings. The van der Waals surface area contributed by atoms with Crippen LogP contribution in [0.2, 0.25) is 0 Å². The Morgan fingerprint density at radius 1 is 1.12 bits per heavy atom. The molecule has 1 aromatic heterocycles. The largest absolute Gasteiger partial charge is 0.586 e. The first-order chi connectivity index (χ1) is 8.05. The predicted octanol–water partition coefficient (Wildman–Crippen LogP) is 4.05. The summed E-state index contributed by atoms with van der Waals surface area (Å²) in [7, 11) is 0. The maximum atomic E-state index is 12.8. The molecule has 1 aromatic carbocycles. The van der Waals surface area contributed by atoms with E-state index in [1.165, 1.54) is 6.07 Å². The highest BCUT2D eigenvalue weighted by Gasteiger charge is 2.43. The lowest BCUT2D eigenvalue weighted by molar-refractivity contribution is -0.286. The fourth-order valence-corrected chi connectivity index (χ4v) is 2.68. The average molecular weight is 254 g/mol. The van der Waals surface area contributed by atoms with Gasteiger partial charge in [-0.1, -0.05) is 0 Å². The van der Waals surface area contributed by atoms with Crippen LogP contribution < -0.4 is 9.47 Å². The van der Waals surface area contributed by atoms with Crippen molar-refractivity contribution in [3.63, 3.8) is 0 Å². The summed E-state index contributed by atoms with van der Waals surface area (Å²) in [6, 6.07) is 6.82. The summed E-state index contributed by atoms with van der Waals surface area (Å²) in [6.45, 7) is 1.98. The molecule has 0 amide bonds. The van der Waals surface area contributed by atoms with Crippen molar-refractivity contribution in [2.45, 2.75) is 13.2 Å². The van der Waals surface area contributed by atoms with E-state index in [4.69, 9.17) is 0 Å². The zero-order valence-corrected chi connectivity index (χ0v) is 9.68. The van der Waals surface area contributed by atoms with Gasteiger partial charge in [0.1, 0.15) is 0 Å². The van der Waals surface area contributed by atoms with Crippen molar-refractivity contribution in [1.29, 1.82) is 0 Å². The first kappa shape index (κ1) is 10.5. The van der Waals surface area contributed by atoms with Crippen LogP contribution in [0.1, 0.15) is 5.56 Å². The molecule has 1 aliphatic heterocycles. The lowest BCUT2D eigenvalue weighted by Crippen LogP contribution is -2.25. The molecule has 0 atom stereocenters. The van der Waals surface area contributed by atoms with Gasteiger partial charge in [0.25, 0.3) is 0 Å². The Bertz CT molecular complexity index is 578. The Hall–Kier alpha value is -1.62. The van der Waals surface area contributed by atoms with Crippen LogP contribution in [0.25, 0.3) is 10.4 Å². The molecular formula is C12H8F2O2S. The van der Waals surface area contributed by atoms with Gasteiger partial charge in [-0.3, -0.25) is 0 Å².